The average molecular weight is 420 g/mol. The van der Waals surface area contributed by atoms with Gasteiger partial charge in [-0.2, -0.15) is 43.9 Å². The second-order valence-corrected chi connectivity index (χ2v) is 5.93. The lowest BCUT2D eigenvalue weighted by atomic mass is 10.3. The van der Waals surface area contributed by atoms with Gasteiger partial charge < -0.3 is 0 Å². The third kappa shape index (κ3) is 3.85. The predicted octanol–water partition coefficient (Wildman–Crippen LogP) is 5.66. The maximum atomic E-state index is 12.9. The molecule has 0 bridgehead atoms. The number of hydrogen-bond donors (Lipinski definition) is 0. The molecule has 0 heterocycles. The average Bonchev–Trinajstić information content (AvgIpc) is 2.11. The zero-order valence-electron chi connectivity index (χ0n) is 8.70. The molecule has 0 spiro atoms. The summed E-state index contributed by atoms with van der Waals surface area (Å²) in [7, 11) is 0. The van der Waals surface area contributed by atoms with Crippen LogP contribution in [0.15, 0.2) is 0 Å². The van der Waals surface area contributed by atoms with Gasteiger partial charge in [-0.15, -0.1) is 0 Å². The quantitative estimate of drug-likeness (QED) is 0.422. The van der Waals surface area contributed by atoms with Gasteiger partial charge in [0, 0.05) is 0 Å². The van der Waals surface area contributed by atoms with Crippen molar-refractivity contribution in [3.63, 3.8) is 0 Å². The molecule has 21 heavy (non-hydrogen) atoms. The molecule has 0 aliphatic carbocycles. The van der Waals surface area contributed by atoms with E-state index in [2.05, 4.69) is 51.1 Å². The first-order valence-electron chi connectivity index (χ1n) is 4.05. The van der Waals surface area contributed by atoms with Gasteiger partial charge >= 0.3 is 33.2 Å². The summed E-state index contributed by atoms with van der Waals surface area (Å²) in [5.74, 6) is 0. The summed E-state index contributed by atoms with van der Waals surface area (Å²) < 4.78 is 116. The number of rotatable bonds is 4. The lowest BCUT2D eigenvalue weighted by Crippen LogP contribution is -2.59. The molecule has 128 valence electrons. The summed E-state index contributed by atoms with van der Waals surface area (Å²) in [4.78, 5) is 0. The molecule has 0 amide bonds. The van der Waals surface area contributed by atoms with Gasteiger partial charge in [0.05, 0.1) is 0 Å². The minimum absolute atomic E-state index is 2.17. The molecule has 0 N–H and O–H groups in total. The highest BCUT2D eigenvalue weighted by molar-refractivity contribution is 6.50. The van der Waals surface area contributed by atoms with Gasteiger partial charge in [0.1, 0.15) is 0 Å². The Morgan fingerprint density at radius 1 is 0.476 bits per heavy atom. The normalized spacial score (nSPS) is 16.3. The maximum Gasteiger partial charge on any atom is 0.430 e. The molecule has 0 aromatic rings. The fraction of sp³-hybridized carbons (Fsp3) is 1.00. The summed E-state index contributed by atoms with van der Waals surface area (Å²) in [6.45, 7) is 0. The molecule has 0 rings (SSSR count). The molecular weight excluding hydrogens is 420 g/mol. The number of halogens is 14. The molecule has 15 heteroatoms. The highest BCUT2D eigenvalue weighted by Gasteiger charge is 2.77. The van der Waals surface area contributed by atoms with Crippen LogP contribution >= 0.6 is 46.4 Å². The standard InChI is InChI=1S/C6Cl4F10O/c7-1(8,3(11,12)13)5(17,18)21-6(19,20)2(9,10)4(14,15)16. The van der Waals surface area contributed by atoms with Crippen molar-refractivity contribution >= 4 is 46.4 Å². The first kappa shape index (κ1) is 21.4. The third-order valence-electron chi connectivity index (χ3n) is 1.70. The van der Waals surface area contributed by atoms with Gasteiger partial charge in [0.2, 0.25) is 0 Å². The second-order valence-electron chi connectivity index (χ2n) is 3.28. The zero-order chi connectivity index (χ0) is 17.7. The van der Waals surface area contributed by atoms with Crippen LogP contribution in [0.3, 0.4) is 0 Å². The van der Waals surface area contributed by atoms with E-state index in [-0.39, 0.29) is 0 Å². The fourth-order valence-electron chi connectivity index (χ4n) is 0.619. The molecule has 0 saturated heterocycles. The van der Waals surface area contributed by atoms with Crippen molar-refractivity contribution in [2.75, 3.05) is 0 Å². The Morgan fingerprint density at radius 3 is 0.810 bits per heavy atom. The smallest absolute Gasteiger partial charge is 0.250 e. The Morgan fingerprint density at radius 2 is 0.667 bits per heavy atom. The highest BCUT2D eigenvalue weighted by atomic mass is 35.5. The Bertz CT molecular complexity index is 350. The summed E-state index contributed by atoms with van der Waals surface area (Å²) in [6, 6.07) is 0. The highest BCUT2D eigenvalue weighted by Crippen LogP contribution is 2.57. The number of hydrogen-bond acceptors (Lipinski definition) is 1. The van der Waals surface area contributed by atoms with Crippen LogP contribution in [0.25, 0.3) is 0 Å². The molecule has 0 aliphatic rings. The van der Waals surface area contributed by atoms with Crippen molar-refractivity contribution in [2.24, 2.45) is 0 Å². The van der Waals surface area contributed by atoms with Crippen molar-refractivity contribution in [2.45, 2.75) is 33.2 Å². The Labute approximate surface area is 129 Å². The molecule has 0 aromatic heterocycles. The van der Waals surface area contributed by atoms with Crippen molar-refractivity contribution in [3.05, 3.63) is 0 Å². The van der Waals surface area contributed by atoms with Gasteiger partial charge in [-0.05, 0) is 0 Å². The molecule has 1 nitrogen and oxygen atoms in total. The minimum atomic E-state index is -6.24. The van der Waals surface area contributed by atoms with Crippen LogP contribution in [-0.2, 0) is 4.74 Å². The molecule has 0 unspecified atom stereocenters. The molecule has 0 atom stereocenters. The van der Waals surface area contributed by atoms with Crippen LogP contribution in [0, 0.1) is 0 Å². The van der Waals surface area contributed by atoms with Crippen LogP contribution in [0.2, 0.25) is 0 Å². The van der Waals surface area contributed by atoms with Crippen molar-refractivity contribution in [3.8, 4) is 0 Å². The van der Waals surface area contributed by atoms with Gasteiger partial charge in [0.15, 0.2) is 0 Å². The van der Waals surface area contributed by atoms with E-state index in [0.29, 0.717) is 0 Å². The summed E-state index contributed by atoms with van der Waals surface area (Å²) in [5.41, 5.74) is 0. The minimum Gasteiger partial charge on any atom is -0.250 e. The van der Waals surface area contributed by atoms with E-state index in [4.69, 9.17) is 0 Å². The van der Waals surface area contributed by atoms with E-state index in [0.717, 1.165) is 0 Å². The molecular formula is C6Cl4F10O. The Hall–Kier alpha value is 0.420. The largest absolute Gasteiger partial charge is 0.430 e. The lowest BCUT2D eigenvalue weighted by molar-refractivity contribution is -0.414. The summed E-state index contributed by atoms with van der Waals surface area (Å²) in [6.07, 6.45) is -24.9. The number of alkyl halides is 14. The van der Waals surface area contributed by atoms with Crippen LogP contribution < -0.4 is 0 Å². The van der Waals surface area contributed by atoms with E-state index in [1.54, 1.807) is 0 Å². The van der Waals surface area contributed by atoms with E-state index < -0.39 is 33.2 Å². The van der Waals surface area contributed by atoms with E-state index in [1.165, 1.54) is 0 Å². The molecule has 0 aromatic carbocycles. The fourth-order valence-corrected chi connectivity index (χ4v) is 0.773. The van der Waals surface area contributed by atoms with Crippen LogP contribution in [0.4, 0.5) is 43.9 Å². The van der Waals surface area contributed by atoms with Gasteiger partial charge in [-0.25, -0.2) is 4.74 Å². The topological polar surface area (TPSA) is 9.23 Å². The number of ether oxygens (including phenoxy) is 1. The van der Waals surface area contributed by atoms with Crippen molar-refractivity contribution in [1.29, 1.82) is 0 Å². The van der Waals surface area contributed by atoms with E-state index in [1.807, 2.05) is 0 Å². The van der Waals surface area contributed by atoms with Crippen LogP contribution in [-0.4, -0.2) is 33.2 Å². The first-order chi connectivity index (χ1) is 8.71. The third-order valence-corrected chi connectivity index (χ3v) is 3.44. The Balaban J connectivity index is 5.65. The van der Waals surface area contributed by atoms with E-state index in [9.17, 15) is 43.9 Å². The summed E-state index contributed by atoms with van der Waals surface area (Å²) in [5, 5.41) is 0. The lowest BCUT2D eigenvalue weighted by Gasteiger charge is -2.36. The van der Waals surface area contributed by atoms with Crippen LogP contribution in [0.1, 0.15) is 0 Å². The van der Waals surface area contributed by atoms with Crippen molar-refractivity contribution in [1.82, 2.24) is 0 Å². The first-order valence-corrected chi connectivity index (χ1v) is 5.57. The van der Waals surface area contributed by atoms with Gasteiger partial charge in [-0.3, -0.25) is 0 Å². The SMILES string of the molecule is FC(F)(F)C(Cl)(Cl)C(F)(F)OC(F)(F)C(Cl)(Cl)C(F)(F)F. The second kappa shape index (κ2) is 5.50. The van der Waals surface area contributed by atoms with Gasteiger partial charge in [0.25, 0.3) is 0 Å². The molecule has 0 saturated carbocycles. The van der Waals surface area contributed by atoms with Crippen LogP contribution in [0.5, 0.6) is 0 Å². The molecule has 0 radical (unpaired) electrons. The van der Waals surface area contributed by atoms with Crippen molar-refractivity contribution < 1.29 is 48.6 Å². The summed E-state index contributed by atoms with van der Waals surface area (Å²) >= 11 is 16.6. The molecule has 0 aliphatic heterocycles. The van der Waals surface area contributed by atoms with E-state index >= 15 is 0 Å². The molecule has 0 fully saturated rings. The zero-order valence-corrected chi connectivity index (χ0v) is 11.7. The maximum absolute atomic E-state index is 12.9. The van der Waals surface area contributed by atoms with Gasteiger partial charge in [-0.1, -0.05) is 46.4 Å². The predicted molar refractivity (Wildman–Crippen MR) is 52.0 cm³/mol. The Kier molecular flexibility index (Phi) is 5.61. The monoisotopic (exact) mass is 418 g/mol.